The van der Waals surface area contributed by atoms with Gasteiger partial charge in [0, 0.05) is 33.4 Å². The van der Waals surface area contributed by atoms with Gasteiger partial charge in [0.25, 0.3) is 0 Å². The SMILES string of the molecule is CCNC(=NCc1ccc(COC)cc1)NCCCOC1CCOC1.I. The lowest BCUT2D eigenvalue weighted by Crippen LogP contribution is -2.38. The van der Waals surface area contributed by atoms with Gasteiger partial charge in [0.05, 0.1) is 25.9 Å². The van der Waals surface area contributed by atoms with Crippen molar-refractivity contribution in [2.75, 3.05) is 40.0 Å². The fourth-order valence-electron chi connectivity index (χ4n) is 2.59. The van der Waals surface area contributed by atoms with E-state index in [-0.39, 0.29) is 30.1 Å². The highest BCUT2D eigenvalue weighted by Gasteiger charge is 2.15. The van der Waals surface area contributed by atoms with Gasteiger partial charge in [0.1, 0.15) is 0 Å². The summed E-state index contributed by atoms with van der Waals surface area (Å²) >= 11 is 0. The Bertz CT molecular complexity index is 505. The van der Waals surface area contributed by atoms with E-state index in [2.05, 4.69) is 46.8 Å². The number of rotatable bonds is 10. The second-order valence-electron chi connectivity index (χ2n) is 6.08. The number of aliphatic imine (C=N–C) groups is 1. The van der Waals surface area contributed by atoms with Crippen LogP contribution in [0, 0.1) is 0 Å². The van der Waals surface area contributed by atoms with Crippen molar-refractivity contribution in [3.8, 4) is 0 Å². The molecule has 0 saturated carbocycles. The van der Waals surface area contributed by atoms with Gasteiger partial charge in [-0.25, -0.2) is 4.99 Å². The smallest absolute Gasteiger partial charge is 0.191 e. The summed E-state index contributed by atoms with van der Waals surface area (Å²) in [4.78, 5) is 4.64. The number of hydrogen-bond acceptors (Lipinski definition) is 4. The number of benzene rings is 1. The van der Waals surface area contributed by atoms with Crippen molar-refractivity contribution in [1.82, 2.24) is 10.6 Å². The van der Waals surface area contributed by atoms with Crippen molar-refractivity contribution in [3.05, 3.63) is 35.4 Å². The predicted octanol–water partition coefficient (Wildman–Crippen LogP) is 2.70. The Kier molecular flexibility index (Phi) is 12.6. The molecule has 1 aliphatic rings. The molecule has 1 saturated heterocycles. The van der Waals surface area contributed by atoms with Crippen LogP contribution < -0.4 is 10.6 Å². The van der Waals surface area contributed by atoms with Gasteiger partial charge in [-0.05, 0) is 30.9 Å². The normalized spacial score (nSPS) is 17.0. The van der Waals surface area contributed by atoms with Gasteiger partial charge in [0.2, 0.25) is 0 Å². The van der Waals surface area contributed by atoms with Gasteiger partial charge in [0.15, 0.2) is 5.96 Å². The largest absolute Gasteiger partial charge is 0.380 e. The zero-order valence-corrected chi connectivity index (χ0v) is 18.2. The van der Waals surface area contributed by atoms with Gasteiger partial charge < -0.3 is 24.8 Å². The Morgan fingerprint density at radius 2 is 2.00 bits per heavy atom. The summed E-state index contributed by atoms with van der Waals surface area (Å²) in [7, 11) is 1.71. The van der Waals surface area contributed by atoms with Crippen molar-refractivity contribution < 1.29 is 14.2 Å². The lowest BCUT2D eigenvalue weighted by atomic mass is 10.1. The average Bonchev–Trinajstić information content (AvgIpc) is 3.14. The molecule has 1 heterocycles. The van der Waals surface area contributed by atoms with E-state index in [0.29, 0.717) is 13.2 Å². The molecule has 2 N–H and O–H groups in total. The molecule has 148 valence electrons. The third kappa shape index (κ3) is 9.16. The minimum absolute atomic E-state index is 0. The fourth-order valence-corrected chi connectivity index (χ4v) is 2.59. The first kappa shape index (κ1) is 23.1. The molecular formula is C19H32IN3O3. The number of nitrogens with one attached hydrogen (secondary N) is 2. The molecule has 1 atom stereocenters. The highest BCUT2D eigenvalue weighted by Crippen LogP contribution is 2.08. The molecule has 1 aliphatic heterocycles. The molecule has 7 heteroatoms. The quantitative estimate of drug-likeness (QED) is 0.235. The summed E-state index contributed by atoms with van der Waals surface area (Å²) in [5.41, 5.74) is 2.36. The summed E-state index contributed by atoms with van der Waals surface area (Å²) < 4.78 is 16.2. The lowest BCUT2D eigenvalue weighted by Gasteiger charge is -2.13. The zero-order chi connectivity index (χ0) is 17.7. The van der Waals surface area contributed by atoms with Crippen LogP contribution in [0.4, 0.5) is 0 Å². The van der Waals surface area contributed by atoms with Gasteiger partial charge >= 0.3 is 0 Å². The van der Waals surface area contributed by atoms with Crippen LogP contribution in [0.2, 0.25) is 0 Å². The Labute approximate surface area is 174 Å². The zero-order valence-electron chi connectivity index (χ0n) is 15.8. The second kappa shape index (κ2) is 14.2. The first-order valence-electron chi connectivity index (χ1n) is 9.10. The van der Waals surface area contributed by atoms with Crippen molar-refractivity contribution in [2.45, 2.75) is 39.0 Å². The van der Waals surface area contributed by atoms with E-state index >= 15 is 0 Å². The van der Waals surface area contributed by atoms with Crippen LogP contribution in [0.1, 0.15) is 30.9 Å². The highest BCUT2D eigenvalue weighted by atomic mass is 127. The first-order valence-corrected chi connectivity index (χ1v) is 9.10. The maximum absolute atomic E-state index is 5.77. The molecule has 1 fully saturated rings. The number of halogens is 1. The van der Waals surface area contributed by atoms with E-state index in [9.17, 15) is 0 Å². The van der Waals surface area contributed by atoms with Crippen LogP contribution in [0.5, 0.6) is 0 Å². The number of hydrogen-bond donors (Lipinski definition) is 2. The number of ether oxygens (including phenoxy) is 3. The molecule has 0 radical (unpaired) electrons. The first-order chi connectivity index (χ1) is 12.3. The van der Waals surface area contributed by atoms with Crippen molar-refractivity contribution in [3.63, 3.8) is 0 Å². The van der Waals surface area contributed by atoms with Crippen LogP contribution in [-0.2, 0) is 27.4 Å². The molecule has 6 nitrogen and oxygen atoms in total. The third-order valence-electron chi connectivity index (χ3n) is 3.95. The van der Waals surface area contributed by atoms with Gasteiger partial charge in [-0.15, -0.1) is 24.0 Å². The maximum atomic E-state index is 5.77. The topological polar surface area (TPSA) is 64.1 Å². The molecule has 1 unspecified atom stereocenters. The molecule has 2 rings (SSSR count). The lowest BCUT2D eigenvalue weighted by molar-refractivity contribution is 0.0420. The molecule has 1 aromatic carbocycles. The van der Waals surface area contributed by atoms with E-state index in [1.165, 1.54) is 11.1 Å². The molecule has 1 aromatic rings. The van der Waals surface area contributed by atoms with E-state index < -0.39 is 0 Å². The Hall–Kier alpha value is -0.900. The summed E-state index contributed by atoms with van der Waals surface area (Å²) in [5.74, 6) is 0.840. The second-order valence-corrected chi connectivity index (χ2v) is 6.08. The summed E-state index contributed by atoms with van der Waals surface area (Å²) in [6.07, 6.45) is 2.25. The molecular weight excluding hydrogens is 445 g/mol. The van der Waals surface area contributed by atoms with Crippen LogP contribution in [-0.4, -0.2) is 52.1 Å². The summed E-state index contributed by atoms with van der Waals surface area (Å²) in [5, 5.41) is 6.63. The monoisotopic (exact) mass is 477 g/mol. The average molecular weight is 477 g/mol. The van der Waals surface area contributed by atoms with Crippen molar-refractivity contribution in [2.24, 2.45) is 4.99 Å². The standard InChI is InChI=1S/C19H31N3O3.HI/c1-3-20-19(21-10-4-11-25-18-9-12-24-15-18)22-13-16-5-7-17(8-6-16)14-23-2;/h5-8,18H,3-4,9-15H2,1-2H3,(H2,20,21,22);1H. The minimum atomic E-state index is 0. The Morgan fingerprint density at radius 1 is 1.23 bits per heavy atom. The van der Waals surface area contributed by atoms with E-state index in [1.807, 2.05) is 0 Å². The van der Waals surface area contributed by atoms with E-state index in [1.54, 1.807) is 7.11 Å². The maximum Gasteiger partial charge on any atom is 0.191 e. The molecule has 26 heavy (non-hydrogen) atoms. The minimum Gasteiger partial charge on any atom is -0.380 e. The van der Waals surface area contributed by atoms with Crippen LogP contribution in [0.25, 0.3) is 0 Å². The third-order valence-corrected chi connectivity index (χ3v) is 3.95. The van der Waals surface area contributed by atoms with Crippen molar-refractivity contribution in [1.29, 1.82) is 0 Å². The van der Waals surface area contributed by atoms with Gasteiger partial charge in [-0.1, -0.05) is 24.3 Å². The number of guanidine groups is 1. The molecule has 0 spiro atoms. The van der Waals surface area contributed by atoms with Crippen LogP contribution in [0.3, 0.4) is 0 Å². The molecule has 0 amide bonds. The van der Waals surface area contributed by atoms with Gasteiger partial charge in [-0.3, -0.25) is 0 Å². The predicted molar refractivity (Wildman–Crippen MR) is 115 cm³/mol. The summed E-state index contributed by atoms with van der Waals surface area (Å²) in [6, 6.07) is 8.36. The number of nitrogens with zero attached hydrogens (tertiary/aromatic N) is 1. The van der Waals surface area contributed by atoms with Crippen molar-refractivity contribution >= 4 is 29.9 Å². The Balaban J connectivity index is 0.00000338. The van der Waals surface area contributed by atoms with Crippen LogP contribution >= 0.6 is 24.0 Å². The molecule has 0 bridgehead atoms. The Morgan fingerprint density at radius 3 is 2.65 bits per heavy atom. The van der Waals surface area contributed by atoms with Gasteiger partial charge in [-0.2, -0.15) is 0 Å². The molecule has 0 aliphatic carbocycles. The highest BCUT2D eigenvalue weighted by molar-refractivity contribution is 14.0. The fraction of sp³-hybridized carbons (Fsp3) is 0.632. The van der Waals surface area contributed by atoms with E-state index in [4.69, 9.17) is 14.2 Å². The van der Waals surface area contributed by atoms with E-state index in [0.717, 1.165) is 51.7 Å². The number of methoxy groups -OCH3 is 1. The summed E-state index contributed by atoms with van der Waals surface area (Å²) in [6.45, 7) is 7.36. The molecule has 0 aromatic heterocycles. The van der Waals surface area contributed by atoms with Crippen LogP contribution in [0.15, 0.2) is 29.3 Å².